The lowest BCUT2D eigenvalue weighted by Crippen LogP contribution is -2.22. The lowest BCUT2D eigenvalue weighted by Gasteiger charge is -2.14. The quantitative estimate of drug-likeness (QED) is 0.666. The van der Waals surface area contributed by atoms with Crippen LogP contribution in [-0.4, -0.2) is 35.6 Å². The molecule has 0 spiro atoms. The summed E-state index contributed by atoms with van der Waals surface area (Å²) in [6.07, 6.45) is 5.24. The number of likely N-dealkylation sites (N-methyl/N-ethyl adjacent to an activating group) is 1. The Balaban J connectivity index is 0.00000121. The van der Waals surface area contributed by atoms with Gasteiger partial charge in [-0.15, -0.1) is 12.4 Å². The van der Waals surface area contributed by atoms with Crippen LogP contribution in [-0.2, 0) is 4.79 Å². The van der Waals surface area contributed by atoms with Crippen LogP contribution in [0.3, 0.4) is 0 Å². The molecule has 70 valence electrons. The Bertz CT molecular complexity index is 182. The third kappa shape index (κ3) is 3.24. The predicted molar refractivity (Wildman–Crippen MR) is 49.7 cm³/mol. The van der Waals surface area contributed by atoms with E-state index in [1.54, 1.807) is 6.08 Å². The van der Waals surface area contributed by atoms with Gasteiger partial charge in [0, 0.05) is 12.1 Å². The van der Waals surface area contributed by atoms with E-state index in [1.807, 2.05) is 7.05 Å². The van der Waals surface area contributed by atoms with Gasteiger partial charge in [-0.05, 0) is 26.4 Å². The first-order valence-corrected chi connectivity index (χ1v) is 3.81. The number of halogens is 1. The van der Waals surface area contributed by atoms with Crippen molar-refractivity contribution in [2.75, 3.05) is 13.6 Å². The van der Waals surface area contributed by atoms with Crippen LogP contribution >= 0.6 is 12.4 Å². The van der Waals surface area contributed by atoms with Crippen LogP contribution in [0.5, 0.6) is 0 Å². The van der Waals surface area contributed by atoms with Gasteiger partial charge in [-0.25, -0.2) is 4.79 Å². The number of rotatable bonds is 2. The monoisotopic (exact) mass is 191 g/mol. The molecule has 0 bridgehead atoms. The molecule has 0 aromatic rings. The molecule has 0 radical (unpaired) electrons. The zero-order valence-corrected chi connectivity index (χ0v) is 7.88. The van der Waals surface area contributed by atoms with Gasteiger partial charge in [-0.2, -0.15) is 0 Å². The maximum atomic E-state index is 10.2. The van der Waals surface area contributed by atoms with Gasteiger partial charge in [-0.1, -0.05) is 6.08 Å². The smallest absolute Gasteiger partial charge is 0.328 e. The Morgan fingerprint density at radius 1 is 1.67 bits per heavy atom. The molecule has 1 atom stereocenters. The summed E-state index contributed by atoms with van der Waals surface area (Å²) < 4.78 is 0. The van der Waals surface area contributed by atoms with Crippen molar-refractivity contribution in [3.05, 3.63) is 12.2 Å². The summed E-state index contributed by atoms with van der Waals surface area (Å²) in [5.41, 5.74) is 0. The zero-order chi connectivity index (χ0) is 8.27. The number of carboxylic acids is 1. The van der Waals surface area contributed by atoms with E-state index in [0.717, 1.165) is 13.0 Å². The van der Waals surface area contributed by atoms with Gasteiger partial charge in [0.15, 0.2) is 0 Å². The molecule has 0 aromatic carbocycles. The second-order valence-corrected chi connectivity index (χ2v) is 2.89. The van der Waals surface area contributed by atoms with Crippen molar-refractivity contribution in [1.82, 2.24) is 4.90 Å². The maximum absolute atomic E-state index is 10.2. The van der Waals surface area contributed by atoms with Gasteiger partial charge in [0.2, 0.25) is 0 Å². The van der Waals surface area contributed by atoms with E-state index in [2.05, 4.69) is 4.90 Å². The van der Waals surface area contributed by atoms with Crippen molar-refractivity contribution in [3.8, 4) is 0 Å². The van der Waals surface area contributed by atoms with E-state index in [-0.39, 0.29) is 12.4 Å². The molecule has 1 N–H and O–H groups in total. The molecule has 0 amide bonds. The second kappa shape index (κ2) is 5.17. The third-order valence-electron chi connectivity index (χ3n) is 2.04. The van der Waals surface area contributed by atoms with Crippen LogP contribution in [0, 0.1) is 0 Å². The SMILES string of the molecule is CN1CCC[C@@H]1/C=C/C(=O)O.Cl. The van der Waals surface area contributed by atoms with Gasteiger partial charge in [0.25, 0.3) is 0 Å². The van der Waals surface area contributed by atoms with E-state index in [0.29, 0.717) is 6.04 Å². The van der Waals surface area contributed by atoms with Crippen molar-refractivity contribution < 1.29 is 9.90 Å². The molecule has 4 heteroatoms. The molecule has 12 heavy (non-hydrogen) atoms. The number of likely N-dealkylation sites (tertiary alicyclic amines) is 1. The lowest BCUT2D eigenvalue weighted by molar-refractivity contribution is -0.131. The Morgan fingerprint density at radius 2 is 2.33 bits per heavy atom. The van der Waals surface area contributed by atoms with Gasteiger partial charge in [-0.3, -0.25) is 4.90 Å². The van der Waals surface area contributed by atoms with Crippen LogP contribution in [0.25, 0.3) is 0 Å². The summed E-state index contributed by atoms with van der Waals surface area (Å²) in [5.74, 6) is -0.856. The molecule has 1 aliphatic rings. The molecular weight excluding hydrogens is 178 g/mol. The highest BCUT2D eigenvalue weighted by molar-refractivity contribution is 5.85. The van der Waals surface area contributed by atoms with Crippen LogP contribution in [0.1, 0.15) is 12.8 Å². The normalized spacial score (nSPS) is 24.2. The van der Waals surface area contributed by atoms with Crippen LogP contribution < -0.4 is 0 Å². The fourth-order valence-electron chi connectivity index (χ4n) is 1.37. The minimum Gasteiger partial charge on any atom is -0.478 e. The average molecular weight is 192 g/mol. The minimum absolute atomic E-state index is 0. The van der Waals surface area contributed by atoms with E-state index < -0.39 is 5.97 Å². The lowest BCUT2D eigenvalue weighted by atomic mass is 10.2. The summed E-state index contributed by atoms with van der Waals surface area (Å²) in [5, 5.41) is 8.35. The van der Waals surface area contributed by atoms with Crippen LogP contribution in [0.2, 0.25) is 0 Å². The predicted octanol–water partition coefficient (Wildman–Crippen LogP) is 1.14. The first-order chi connectivity index (χ1) is 5.20. The zero-order valence-electron chi connectivity index (χ0n) is 7.06. The van der Waals surface area contributed by atoms with Crippen molar-refractivity contribution in [3.63, 3.8) is 0 Å². The van der Waals surface area contributed by atoms with E-state index in [1.165, 1.54) is 12.5 Å². The molecule has 3 nitrogen and oxygen atoms in total. The summed E-state index contributed by atoms with van der Waals surface area (Å²) in [7, 11) is 2.02. The summed E-state index contributed by atoms with van der Waals surface area (Å²) in [6, 6.07) is 0.339. The van der Waals surface area contributed by atoms with Crippen LogP contribution in [0.4, 0.5) is 0 Å². The Morgan fingerprint density at radius 3 is 2.75 bits per heavy atom. The topological polar surface area (TPSA) is 40.5 Å². The van der Waals surface area contributed by atoms with Crippen molar-refractivity contribution in [1.29, 1.82) is 0 Å². The van der Waals surface area contributed by atoms with Crippen molar-refractivity contribution in [2.24, 2.45) is 0 Å². The van der Waals surface area contributed by atoms with E-state index >= 15 is 0 Å². The number of carbonyl (C=O) groups is 1. The first kappa shape index (κ1) is 11.5. The number of nitrogens with zero attached hydrogens (tertiary/aromatic N) is 1. The Labute approximate surface area is 78.5 Å². The maximum Gasteiger partial charge on any atom is 0.328 e. The van der Waals surface area contributed by atoms with Crippen molar-refractivity contribution >= 4 is 18.4 Å². The number of carboxylic acid groups (broad SMARTS) is 1. The highest BCUT2D eigenvalue weighted by Crippen LogP contribution is 2.15. The number of aliphatic carboxylic acids is 1. The van der Waals surface area contributed by atoms with Gasteiger partial charge in [0.05, 0.1) is 0 Å². The molecule has 1 heterocycles. The summed E-state index contributed by atoms with van der Waals surface area (Å²) in [4.78, 5) is 12.3. The number of hydrogen-bond donors (Lipinski definition) is 1. The number of hydrogen-bond acceptors (Lipinski definition) is 2. The minimum atomic E-state index is -0.856. The van der Waals surface area contributed by atoms with Gasteiger partial charge < -0.3 is 5.11 Å². The summed E-state index contributed by atoms with van der Waals surface area (Å²) in [6.45, 7) is 1.08. The molecule has 1 rings (SSSR count). The largest absolute Gasteiger partial charge is 0.478 e. The molecule has 0 aliphatic carbocycles. The third-order valence-corrected chi connectivity index (χ3v) is 2.04. The molecular formula is C8H14ClNO2. The highest BCUT2D eigenvalue weighted by atomic mass is 35.5. The highest BCUT2D eigenvalue weighted by Gasteiger charge is 2.17. The standard InChI is InChI=1S/C8H13NO2.ClH/c1-9-6-2-3-7(9)4-5-8(10)11;/h4-5,7H,2-3,6H2,1H3,(H,10,11);1H/b5-4+;/t7-;/m1./s1. The average Bonchev–Trinajstić information content (AvgIpc) is 2.31. The van der Waals surface area contributed by atoms with E-state index in [4.69, 9.17) is 5.11 Å². The van der Waals surface area contributed by atoms with Crippen molar-refractivity contribution in [2.45, 2.75) is 18.9 Å². The molecule has 1 fully saturated rings. The second-order valence-electron chi connectivity index (χ2n) is 2.89. The Hall–Kier alpha value is -0.540. The summed E-state index contributed by atoms with van der Waals surface area (Å²) >= 11 is 0. The fourth-order valence-corrected chi connectivity index (χ4v) is 1.37. The fraction of sp³-hybridized carbons (Fsp3) is 0.625. The first-order valence-electron chi connectivity index (χ1n) is 3.81. The molecule has 1 saturated heterocycles. The molecule has 1 aliphatic heterocycles. The molecule has 0 saturated carbocycles. The van der Waals surface area contributed by atoms with E-state index in [9.17, 15) is 4.79 Å². The molecule has 0 aromatic heterocycles. The van der Waals surface area contributed by atoms with Gasteiger partial charge >= 0.3 is 5.97 Å². The van der Waals surface area contributed by atoms with Gasteiger partial charge in [0.1, 0.15) is 0 Å². The van der Waals surface area contributed by atoms with Crippen LogP contribution in [0.15, 0.2) is 12.2 Å². The Kier molecular flexibility index (Phi) is 4.93. The molecule has 0 unspecified atom stereocenters.